The molecule has 1 atom stereocenters. The van der Waals surface area contributed by atoms with Crippen LogP contribution in [0.2, 0.25) is 0 Å². The van der Waals surface area contributed by atoms with E-state index >= 15 is 0 Å². The Morgan fingerprint density at radius 2 is 2.18 bits per heavy atom. The van der Waals surface area contributed by atoms with Crippen molar-refractivity contribution in [1.29, 1.82) is 0 Å². The Balaban J connectivity index is 2.59. The molecule has 0 aliphatic rings. The molecule has 0 saturated heterocycles. The van der Waals surface area contributed by atoms with Gasteiger partial charge in [0.1, 0.15) is 0 Å². The molecule has 0 fully saturated rings. The number of sulfonamides is 1. The molecule has 1 aromatic rings. The highest BCUT2D eigenvalue weighted by Crippen LogP contribution is 2.09. The quantitative estimate of drug-likeness (QED) is 0.740. The number of rotatable bonds is 6. The second-order valence-corrected chi connectivity index (χ2v) is 6.67. The lowest BCUT2D eigenvalue weighted by Crippen LogP contribution is -2.36. The molecule has 0 amide bonds. The molecule has 6 heteroatoms. The molecular weight excluding hydrogens is 260 g/mol. The van der Waals surface area contributed by atoms with Crippen molar-refractivity contribution in [2.24, 2.45) is 0 Å². The van der Waals surface area contributed by atoms with E-state index in [1.54, 1.807) is 20.2 Å². The van der Waals surface area contributed by atoms with Gasteiger partial charge in [0.2, 0.25) is 10.0 Å². The summed E-state index contributed by atoms with van der Waals surface area (Å²) in [5.41, 5.74) is 0.882. The van der Waals surface area contributed by atoms with Gasteiger partial charge in [0.15, 0.2) is 0 Å². The molecule has 4 nitrogen and oxygen atoms in total. The lowest BCUT2D eigenvalue weighted by molar-refractivity contribution is 0.464. The molecule has 1 rings (SSSR count). The van der Waals surface area contributed by atoms with Gasteiger partial charge in [0.25, 0.3) is 0 Å². The Kier molecular flexibility index (Phi) is 5.36. The Morgan fingerprint density at radius 1 is 1.47 bits per heavy atom. The molecule has 0 aliphatic carbocycles. The van der Waals surface area contributed by atoms with E-state index in [9.17, 15) is 8.42 Å². The predicted octanol–water partition coefficient (Wildman–Crippen LogP) is 1.51. The number of hydrogen-bond acceptors (Lipinski definition) is 3. The minimum absolute atomic E-state index is 0.107. The fourth-order valence-electron chi connectivity index (χ4n) is 1.33. The summed E-state index contributed by atoms with van der Waals surface area (Å²) in [4.78, 5) is 4.15. The second-order valence-electron chi connectivity index (χ2n) is 3.90. The highest BCUT2D eigenvalue weighted by molar-refractivity contribution is 7.89. The summed E-state index contributed by atoms with van der Waals surface area (Å²) in [7, 11) is -1.71. The van der Waals surface area contributed by atoms with E-state index < -0.39 is 15.3 Å². The van der Waals surface area contributed by atoms with Crippen LogP contribution in [0.5, 0.6) is 0 Å². The van der Waals surface area contributed by atoms with Gasteiger partial charge in [-0.15, -0.1) is 11.6 Å². The fourth-order valence-corrected chi connectivity index (χ4v) is 2.93. The Morgan fingerprint density at radius 3 is 2.71 bits per heavy atom. The standard InChI is InChI=1S/C11H17ClN2O2S/c1-10(9-12)17(15,16)14(2)8-6-11-5-3-4-7-13-11/h3-5,7,10H,6,8-9H2,1-2H3. The van der Waals surface area contributed by atoms with Crippen LogP contribution in [0.4, 0.5) is 0 Å². The first kappa shape index (κ1) is 14.4. The van der Waals surface area contributed by atoms with Gasteiger partial charge in [-0.1, -0.05) is 6.07 Å². The van der Waals surface area contributed by atoms with Crippen LogP contribution < -0.4 is 0 Å². The van der Waals surface area contributed by atoms with Crippen LogP contribution in [-0.2, 0) is 16.4 Å². The first-order valence-electron chi connectivity index (χ1n) is 5.39. The first-order chi connectivity index (χ1) is 7.98. The summed E-state index contributed by atoms with van der Waals surface area (Å²) < 4.78 is 25.1. The number of hydrogen-bond donors (Lipinski definition) is 0. The van der Waals surface area contributed by atoms with Gasteiger partial charge < -0.3 is 0 Å². The highest BCUT2D eigenvalue weighted by Gasteiger charge is 2.24. The van der Waals surface area contributed by atoms with Gasteiger partial charge in [0, 0.05) is 37.8 Å². The molecule has 1 unspecified atom stereocenters. The molecule has 0 N–H and O–H groups in total. The van der Waals surface area contributed by atoms with Gasteiger partial charge in [-0.25, -0.2) is 12.7 Å². The molecular formula is C11H17ClN2O2S. The topological polar surface area (TPSA) is 50.3 Å². The van der Waals surface area contributed by atoms with Crippen molar-refractivity contribution in [3.63, 3.8) is 0 Å². The largest absolute Gasteiger partial charge is 0.261 e. The summed E-state index contributed by atoms with van der Waals surface area (Å²) >= 11 is 5.58. The molecule has 96 valence electrons. The smallest absolute Gasteiger partial charge is 0.217 e. The first-order valence-corrected chi connectivity index (χ1v) is 7.43. The zero-order chi connectivity index (χ0) is 12.9. The monoisotopic (exact) mass is 276 g/mol. The van der Waals surface area contributed by atoms with Crippen LogP contribution in [-0.4, -0.2) is 42.4 Å². The molecule has 0 saturated carbocycles. The third-order valence-corrected chi connectivity index (χ3v) is 5.45. The van der Waals surface area contributed by atoms with Gasteiger partial charge >= 0.3 is 0 Å². The lowest BCUT2D eigenvalue weighted by atomic mass is 10.3. The molecule has 0 spiro atoms. The van der Waals surface area contributed by atoms with Crippen LogP contribution in [0, 0.1) is 0 Å². The molecule has 17 heavy (non-hydrogen) atoms. The van der Waals surface area contributed by atoms with Crippen molar-refractivity contribution >= 4 is 21.6 Å². The van der Waals surface area contributed by atoms with E-state index in [0.29, 0.717) is 13.0 Å². The van der Waals surface area contributed by atoms with Gasteiger partial charge in [0.05, 0.1) is 5.25 Å². The zero-order valence-corrected chi connectivity index (χ0v) is 11.6. The Bertz CT molecular complexity index is 436. The highest BCUT2D eigenvalue weighted by atomic mass is 35.5. The fraction of sp³-hybridized carbons (Fsp3) is 0.545. The molecule has 0 aromatic carbocycles. The van der Waals surface area contributed by atoms with Crippen molar-refractivity contribution in [1.82, 2.24) is 9.29 Å². The minimum Gasteiger partial charge on any atom is -0.261 e. The third-order valence-electron chi connectivity index (χ3n) is 2.57. The average molecular weight is 277 g/mol. The van der Waals surface area contributed by atoms with E-state index in [1.807, 2.05) is 18.2 Å². The Labute approximate surface area is 108 Å². The number of likely N-dealkylation sites (N-methyl/N-ethyl adjacent to an activating group) is 1. The van der Waals surface area contributed by atoms with Crippen molar-refractivity contribution < 1.29 is 8.42 Å². The van der Waals surface area contributed by atoms with Crippen molar-refractivity contribution in [2.45, 2.75) is 18.6 Å². The maximum Gasteiger partial charge on any atom is 0.217 e. The second kappa shape index (κ2) is 6.33. The van der Waals surface area contributed by atoms with Crippen LogP contribution >= 0.6 is 11.6 Å². The van der Waals surface area contributed by atoms with Crippen LogP contribution in [0.1, 0.15) is 12.6 Å². The third kappa shape index (κ3) is 3.94. The normalized spacial score (nSPS) is 13.9. The maximum absolute atomic E-state index is 11.9. The SMILES string of the molecule is CC(CCl)S(=O)(=O)N(C)CCc1ccccn1. The van der Waals surface area contributed by atoms with Gasteiger partial charge in [-0.2, -0.15) is 0 Å². The van der Waals surface area contributed by atoms with Gasteiger partial charge in [-0.05, 0) is 19.1 Å². The molecule has 1 heterocycles. The lowest BCUT2D eigenvalue weighted by Gasteiger charge is -2.20. The summed E-state index contributed by atoms with van der Waals surface area (Å²) in [5.74, 6) is 0.107. The number of pyridine rings is 1. The van der Waals surface area contributed by atoms with E-state index in [-0.39, 0.29) is 5.88 Å². The maximum atomic E-state index is 11.9. The van der Waals surface area contributed by atoms with E-state index in [4.69, 9.17) is 11.6 Å². The summed E-state index contributed by atoms with van der Waals surface area (Å²) in [6, 6.07) is 5.60. The van der Waals surface area contributed by atoms with Gasteiger partial charge in [-0.3, -0.25) is 4.98 Å². The summed E-state index contributed by atoms with van der Waals surface area (Å²) in [6.45, 7) is 2.03. The molecule has 0 radical (unpaired) electrons. The minimum atomic E-state index is -3.29. The van der Waals surface area contributed by atoms with Crippen LogP contribution in [0.25, 0.3) is 0 Å². The van der Waals surface area contributed by atoms with Crippen molar-refractivity contribution in [2.75, 3.05) is 19.5 Å². The summed E-state index contributed by atoms with van der Waals surface area (Å²) in [6.07, 6.45) is 2.30. The van der Waals surface area contributed by atoms with Crippen LogP contribution in [0.15, 0.2) is 24.4 Å². The van der Waals surface area contributed by atoms with E-state index in [2.05, 4.69) is 4.98 Å². The van der Waals surface area contributed by atoms with E-state index in [1.165, 1.54) is 4.31 Å². The predicted molar refractivity (Wildman–Crippen MR) is 69.7 cm³/mol. The number of alkyl halides is 1. The zero-order valence-electron chi connectivity index (χ0n) is 10.0. The Hall–Kier alpha value is -0.650. The summed E-state index contributed by atoms with van der Waals surface area (Å²) in [5, 5.41) is -0.558. The molecule has 0 bridgehead atoms. The van der Waals surface area contributed by atoms with Crippen molar-refractivity contribution in [3.8, 4) is 0 Å². The van der Waals surface area contributed by atoms with Crippen LogP contribution in [0.3, 0.4) is 0 Å². The average Bonchev–Trinajstić information content (AvgIpc) is 2.35. The number of aromatic nitrogens is 1. The molecule has 1 aromatic heterocycles. The van der Waals surface area contributed by atoms with E-state index in [0.717, 1.165) is 5.69 Å². The molecule has 0 aliphatic heterocycles. The van der Waals surface area contributed by atoms with Crippen molar-refractivity contribution in [3.05, 3.63) is 30.1 Å². The number of nitrogens with zero attached hydrogens (tertiary/aromatic N) is 2. The number of halogens is 1.